The molecule has 0 heterocycles. The molecule has 0 aliphatic carbocycles. The van der Waals surface area contributed by atoms with E-state index in [2.05, 4.69) is 0 Å². The monoisotopic (exact) mass is 330 g/mol. The highest BCUT2D eigenvalue weighted by Gasteiger charge is 2.25. The second-order valence-electron chi connectivity index (χ2n) is 4.37. The zero-order valence-electron chi connectivity index (χ0n) is 11.5. The normalized spacial score (nSPS) is 10.8. The maximum absolute atomic E-state index is 12.0. The second-order valence-corrected chi connectivity index (χ2v) is 6.05. The van der Waals surface area contributed by atoms with Gasteiger partial charge in [0, 0.05) is 0 Å². The fraction of sp³-hybridized carbons (Fsp3) is 0.250. The third-order valence-electron chi connectivity index (χ3n) is 2.49. The van der Waals surface area contributed by atoms with Crippen molar-refractivity contribution in [3.05, 3.63) is 29.8 Å². The number of nitrogens with one attached hydrogen (secondary N) is 1. The lowest BCUT2D eigenvalue weighted by Crippen LogP contribution is -2.47. The van der Waals surface area contributed by atoms with Gasteiger partial charge in [-0.05, 0) is 19.1 Å². The van der Waals surface area contributed by atoms with E-state index in [-0.39, 0.29) is 4.90 Å². The molecule has 0 fully saturated rings. The second kappa shape index (κ2) is 6.89. The summed E-state index contributed by atoms with van der Waals surface area (Å²) in [5, 5.41) is 17.3. The van der Waals surface area contributed by atoms with Crippen LogP contribution in [0.3, 0.4) is 0 Å². The van der Waals surface area contributed by atoms with Crippen LogP contribution in [0.1, 0.15) is 5.56 Å². The van der Waals surface area contributed by atoms with Gasteiger partial charge in [-0.25, -0.2) is 17.9 Å². The van der Waals surface area contributed by atoms with Gasteiger partial charge in [0.1, 0.15) is 13.1 Å². The van der Waals surface area contributed by atoms with Gasteiger partial charge < -0.3 is 15.1 Å². The zero-order chi connectivity index (χ0) is 16.9. The van der Waals surface area contributed by atoms with Crippen LogP contribution in [-0.4, -0.2) is 54.6 Å². The van der Waals surface area contributed by atoms with Crippen molar-refractivity contribution in [1.82, 2.24) is 9.62 Å². The minimum absolute atomic E-state index is 0.197. The molecule has 9 nitrogen and oxygen atoms in total. The van der Waals surface area contributed by atoms with Gasteiger partial charge in [0.2, 0.25) is 0 Å². The predicted octanol–water partition coefficient (Wildman–Crippen LogP) is -0.135. The fourth-order valence-electron chi connectivity index (χ4n) is 1.48. The summed E-state index contributed by atoms with van der Waals surface area (Å²) < 4.78 is 25.6. The van der Waals surface area contributed by atoms with Crippen molar-refractivity contribution in [3.63, 3.8) is 0 Å². The number of sulfonamides is 1. The van der Waals surface area contributed by atoms with Gasteiger partial charge >= 0.3 is 18.0 Å². The summed E-state index contributed by atoms with van der Waals surface area (Å²) in [5.41, 5.74) is 0.809. The Balaban J connectivity index is 2.93. The fourth-order valence-corrected chi connectivity index (χ4v) is 2.45. The van der Waals surface area contributed by atoms with Crippen LogP contribution in [-0.2, 0) is 19.6 Å². The summed E-state index contributed by atoms with van der Waals surface area (Å²) in [6, 6.07) is 4.25. The molecule has 0 aromatic heterocycles. The van der Waals surface area contributed by atoms with E-state index in [1.807, 2.05) is 0 Å². The Bertz CT molecular complexity index is 666. The van der Waals surface area contributed by atoms with Gasteiger partial charge in [0.25, 0.3) is 10.0 Å². The van der Waals surface area contributed by atoms with Crippen LogP contribution in [0, 0.1) is 6.92 Å². The first kappa shape index (κ1) is 17.4. The molecule has 120 valence electrons. The average Bonchev–Trinajstić information content (AvgIpc) is 2.36. The molecule has 10 heteroatoms. The number of carbonyl (C=O) groups excluding carboxylic acids is 1. The van der Waals surface area contributed by atoms with E-state index in [4.69, 9.17) is 10.2 Å². The predicted molar refractivity (Wildman–Crippen MR) is 73.7 cm³/mol. The van der Waals surface area contributed by atoms with Crippen LogP contribution in [0.5, 0.6) is 0 Å². The van der Waals surface area contributed by atoms with E-state index in [9.17, 15) is 22.8 Å². The molecule has 0 radical (unpaired) electrons. The van der Waals surface area contributed by atoms with Gasteiger partial charge in [0.15, 0.2) is 0 Å². The number of carboxylic acids is 2. The highest BCUT2D eigenvalue weighted by Crippen LogP contribution is 2.10. The number of aryl methyl sites for hydroxylation is 1. The standard InChI is InChI=1S/C12H14N2O7S/c1-8-2-4-9(5-3-8)22(20,21)13-12(19)14(6-10(15)16)7-11(17)18/h2-5H,6-7H2,1H3,(H,13,19)(H,15,16)(H,17,18). The average molecular weight is 330 g/mol. The molecule has 1 aromatic carbocycles. The number of carbonyl (C=O) groups is 3. The quantitative estimate of drug-likeness (QED) is 0.659. The molecule has 0 saturated heterocycles. The number of urea groups is 1. The molecule has 3 N–H and O–H groups in total. The molecule has 0 atom stereocenters. The highest BCUT2D eigenvalue weighted by atomic mass is 32.2. The molecule has 0 aliphatic heterocycles. The molecular weight excluding hydrogens is 316 g/mol. The SMILES string of the molecule is Cc1ccc(S(=O)(=O)NC(=O)N(CC(=O)O)CC(=O)O)cc1. The lowest BCUT2D eigenvalue weighted by molar-refractivity contribution is -0.140. The summed E-state index contributed by atoms with van der Waals surface area (Å²) in [7, 11) is -4.22. The van der Waals surface area contributed by atoms with Gasteiger partial charge in [-0.2, -0.15) is 0 Å². The molecule has 22 heavy (non-hydrogen) atoms. The van der Waals surface area contributed by atoms with Crippen LogP contribution in [0.25, 0.3) is 0 Å². The summed E-state index contributed by atoms with van der Waals surface area (Å²) in [5.74, 6) is -2.94. The summed E-state index contributed by atoms with van der Waals surface area (Å²) in [6.07, 6.45) is 0. The van der Waals surface area contributed by atoms with Crippen LogP contribution >= 0.6 is 0 Å². The van der Waals surface area contributed by atoms with Gasteiger partial charge in [0.05, 0.1) is 4.90 Å². The minimum Gasteiger partial charge on any atom is -0.480 e. The molecular formula is C12H14N2O7S. The molecule has 0 aliphatic rings. The van der Waals surface area contributed by atoms with Gasteiger partial charge in [-0.1, -0.05) is 17.7 Å². The molecule has 2 amide bonds. The molecule has 1 aromatic rings. The third kappa shape index (κ3) is 5.05. The Morgan fingerprint density at radius 1 is 1.05 bits per heavy atom. The number of rotatable bonds is 6. The number of carboxylic acid groups (broad SMARTS) is 2. The van der Waals surface area contributed by atoms with E-state index in [0.717, 1.165) is 5.56 Å². The van der Waals surface area contributed by atoms with Crippen molar-refractivity contribution in [1.29, 1.82) is 0 Å². The molecule has 0 saturated carbocycles. The van der Waals surface area contributed by atoms with Crippen LogP contribution in [0.15, 0.2) is 29.2 Å². The number of nitrogens with zero attached hydrogens (tertiary/aromatic N) is 1. The van der Waals surface area contributed by atoms with Crippen LogP contribution in [0.2, 0.25) is 0 Å². The summed E-state index contributed by atoms with van der Waals surface area (Å²) in [6.45, 7) is -0.139. The molecule has 0 spiro atoms. The van der Waals surface area contributed by atoms with Crippen molar-refractivity contribution in [2.24, 2.45) is 0 Å². The first-order chi connectivity index (χ1) is 10.1. The van der Waals surface area contributed by atoms with E-state index in [1.165, 1.54) is 24.3 Å². The van der Waals surface area contributed by atoms with Crippen molar-refractivity contribution >= 4 is 28.0 Å². The maximum atomic E-state index is 12.0. The Hall–Kier alpha value is -2.62. The Morgan fingerprint density at radius 2 is 1.50 bits per heavy atom. The largest absolute Gasteiger partial charge is 0.480 e. The van der Waals surface area contributed by atoms with E-state index in [1.54, 1.807) is 11.6 Å². The minimum atomic E-state index is -4.22. The Morgan fingerprint density at radius 3 is 1.91 bits per heavy atom. The van der Waals surface area contributed by atoms with Crippen molar-refractivity contribution < 1.29 is 33.0 Å². The maximum Gasteiger partial charge on any atom is 0.332 e. The van der Waals surface area contributed by atoms with E-state index in [0.29, 0.717) is 4.90 Å². The van der Waals surface area contributed by atoms with E-state index >= 15 is 0 Å². The van der Waals surface area contributed by atoms with Crippen LogP contribution in [0.4, 0.5) is 4.79 Å². The number of amides is 2. The molecule has 0 unspecified atom stereocenters. The van der Waals surface area contributed by atoms with Crippen molar-refractivity contribution in [2.45, 2.75) is 11.8 Å². The molecule has 0 bridgehead atoms. The number of benzene rings is 1. The first-order valence-corrected chi connectivity index (χ1v) is 7.42. The lowest BCUT2D eigenvalue weighted by atomic mass is 10.2. The van der Waals surface area contributed by atoms with Crippen molar-refractivity contribution in [3.8, 4) is 0 Å². The number of hydrogen-bond donors (Lipinski definition) is 3. The topological polar surface area (TPSA) is 141 Å². The molecule has 1 rings (SSSR count). The zero-order valence-corrected chi connectivity index (χ0v) is 12.3. The van der Waals surface area contributed by atoms with Crippen molar-refractivity contribution in [2.75, 3.05) is 13.1 Å². The summed E-state index contributed by atoms with van der Waals surface area (Å²) >= 11 is 0. The summed E-state index contributed by atoms with van der Waals surface area (Å²) in [4.78, 5) is 33.1. The van der Waals surface area contributed by atoms with Crippen LogP contribution < -0.4 is 4.72 Å². The van der Waals surface area contributed by atoms with Gasteiger partial charge in [-0.3, -0.25) is 9.59 Å². The highest BCUT2D eigenvalue weighted by molar-refractivity contribution is 7.90. The van der Waals surface area contributed by atoms with Gasteiger partial charge in [-0.15, -0.1) is 0 Å². The van der Waals surface area contributed by atoms with E-state index < -0.39 is 41.1 Å². The number of aliphatic carboxylic acids is 2. The third-order valence-corrected chi connectivity index (χ3v) is 3.83. The Labute approximate surface area is 126 Å². The Kier molecular flexibility index (Phi) is 5.46. The first-order valence-electron chi connectivity index (χ1n) is 5.94. The smallest absolute Gasteiger partial charge is 0.332 e. The number of hydrogen-bond acceptors (Lipinski definition) is 5. The lowest BCUT2D eigenvalue weighted by Gasteiger charge is -2.19.